The van der Waals surface area contributed by atoms with Gasteiger partial charge in [0.2, 0.25) is 5.88 Å². The molecular formula is C26H32N2O3. The smallest absolute Gasteiger partial charge is 0.213 e. The fourth-order valence-corrected chi connectivity index (χ4v) is 4.02. The summed E-state index contributed by atoms with van der Waals surface area (Å²) in [5.41, 5.74) is 3.41. The summed E-state index contributed by atoms with van der Waals surface area (Å²) in [7, 11) is 0. The zero-order valence-electron chi connectivity index (χ0n) is 19.2. The monoisotopic (exact) mass is 420 g/mol. The Bertz CT molecular complexity index is 1080. The van der Waals surface area contributed by atoms with Crippen molar-refractivity contribution in [3.63, 3.8) is 0 Å². The Balaban J connectivity index is 1.97. The Hall–Kier alpha value is -2.92. The number of likely N-dealkylation sites (N-methyl/N-ethyl adjacent to an activating group) is 1. The van der Waals surface area contributed by atoms with Gasteiger partial charge in [-0.05, 0) is 57.1 Å². The standard InChI is InChI=1S/C26H32N2O3/c1-7-19-10-12-21-18(4)25(31-22(21)16-19)26(5,6)24-20(17-29)11-13-23(27-24)30-15-14-28(8-2)9-3/h7,10-13,16-17H,1,8-9,14-15H2,2-6H3. The lowest BCUT2D eigenvalue weighted by Gasteiger charge is -2.25. The van der Waals surface area contributed by atoms with E-state index in [0.29, 0.717) is 23.7 Å². The molecule has 0 radical (unpaired) electrons. The number of hydrogen-bond acceptors (Lipinski definition) is 5. The van der Waals surface area contributed by atoms with Crippen molar-refractivity contribution in [3.8, 4) is 5.88 Å². The Morgan fingerprint density at radius 3 is 2.58 bits per heavy atom. The topological polar surface area (TPSA) is 55.6 Å². The van der Waals surface area contributed by atoms with Crippen molar-refractivity contribution >= 4 is 23.3 Å². The van der Waals surface area contributed by atoms with Crippen molar-refractivity contribution in [3.05, 3.63) is 65.1 Å². The van der Waals surface area contributed by atoms with Gasteiger partial charge >= 0.3 is 0 Å². The first-order chi connectivity index (χ1) is 14.8. The first-order valence-electron chi connectivity index (χ1n) is 10.8. The molecule has 0 amide bonds. The van der Waals surface area contributed by atoms with Gasteiger partial charge in [-0.15, -0.1) is 0 Å². The highest BCUT2D eigenvalue weighted by Gasteiger charge is 2.34. The fraction of sp³-hybridized carbons (Fsp3) is 0.385. The summed E-state index contributed by atoms with van der Waals surface area (Å²) in [6, 6.07) is 9.58. The normalized spacial score (nSPS) is 11.8. The molecule has 0 aliphatic carbocycles. The second-order valence-electron chi connectivity index (χ2n) is 8.22. The van der Waals surface area contributed by atoms with Crippen molar-refractivity contribution < 1.29 is 13.9 Å². The third kappa shape index (κ3) is 4.57. The first kappa shape index (κ1) is 22.8. The number of nitrogens with zero attached hydrogens (tertiary/aromatic N) is 2. The summed E-state index contributed by atoms with van der Waals surface area (Å²) < 4.78 is 12.2. The van der Waals surface area contributed by atoms with Gasteiger partial charge in [0.1, 0.15) is 18.0 Å². The Kier molecular flexibility index (Phi) is 6.96. The Morgan fingerprint density at radius 2 is 1.94 bits per heavy atom. The van der Waals surface area contributed by atoms with Gasteiger partial charge in [0.15, 0.2) is 6.29 Å². The van der Waals surface area contributed by atoms with Crippen LogP contribution in [0.25, 0.3) is 17.0 Å². The van der Waals surface area contributed by atoms with Crippen LogP contribution in [0.3, 0.4) is 0 Å². The summed E-state index contributed by atoms with van der Waals surface area (Å²) in [5, 5.41) is 1.05. The number of carbonyl (C=O) groups is 1. The van der Waals surface area contributed by atoms with Gasteiger partial charge in [-0.2, -0.15) is 0 Å². The van der Waals surface area contributed by atoms with Crippen LogP contribution < -0.4 is 4.74 Å². The number of carbonyl (C=O) groups excluding carboxylic acids is 1. The van der Waals surface area contributed by atoms with Crippen LogP contribution in [0.5, 0.6) is 5.88 Å². The van der Waals surface area contributed by atoms with E-state index in [1.807, 2.05) is 39.0 Å². The van der Waals surface area contributed by atoms with Crippen LogP contribution in [-0.4, -0.2) is 42.4 Å². The van der Waals surface area contributed by atoms with E-state index in [1.165, 1.54) is 0 Å². The van der Waals surface area contributed by atoms with Gasteiger partial charge in [-0.1, -0.05) is 38.6 Å². The third-order valence-corrected chi connectivity index (χ3v) is 5.94. The van der Waals surface area contributed by atoms with Gasteiger partial charge in [0.05, 0.1) is 11.1 Å². The molecule has 1 aromatic carbocycles. The van der Waals surface area contributed by atoms with E-state index in [1.54, 1.807) is 18.2 Å². The second kappa shape index (κ2) is 9.48. The van der Waals surface area contributed by atoms with Crippen LogP contribution in [-0.2, 0) is 5.41 Å². The first-order valence-corrected chi connectivity index (χ1v) is 10.8. The SMILES string of the molecule is C=Cc1ccc2c(C)c(C(C)(C)c3nc(OCCN(CC)CC)ccc3C=O)oc2c1. The summed E-state index contributed by atoms with van der Waals surface area (Å²) in [5.74, 6) is 1.31. The molecule has 5 heteroatoms. The quantitative estimate of drug-likeness (QED) is 0.397. The van der Waals surface area contributed by atoms with E-state index in [-0.39, 0.29) is 0 Å². The molecule has 0 saturated carbocycles. The molecule has 0 atom stereocenters. The minimum atomic E-state index is -0.619. The molecule has 0 spiro atoms. The molecule has 2 heterocycles. The van der Waals surface area contributed by atoms with Crippen LogP contribution in [0.15, 0.2) is 41.3 Å². The largest absolute Gasteiger partial charge is 0.476 e. The van der Waals surface area contributed by atoms with Crippen molar-refractivity contribution in [2.45, 2.75) is 40.0 Å². The summed E-state index contributed by atoms with van der Waals surface area (Å²) >= 11 is 0. The van der Waals surface area contributed by atoms with E-state index in [2.05, 4.69) is 25.3 Å². The van der Waals surface area contributed by atoms with E-state index in [4.69, 9.17) is 14.1 Å². The van der Waals surface area contributed by atoms with Gasteiger partial charge in [-0.25, -0.2) is 4.98 Å². The Morgan fingerprint density at radius 1 is 1.19 bits per heavy atom. The van der Waals surface area contributed by atoms with Crippen LogP contribution in [0.2, 0.25) is 0 Å². The number of rotatable bonds is 10. The number of fused-ring (bicyclic) bond motifs is 1. The number of aryl methyl sites for hydroxylation is 1. The summed E-state index contributed by atoms with van der Waals surface area (Å²) in [6.07, 6.45) is 2.64. The summed E-state index contributed by atoms with van der Waals surface area (Å²) in [6.45, 7) is 17.5. The zero-order chi connectivity index (χ0) is 22.6. The van der Waals surface area contributed by atoms with Crippen molar-refractivity contribution in [1.82, 2.24) is 9.88 Å². The molecule has 0 N–H and O–H groups in total. The minimum Gasteiger partial charge on any atom is -0.476 e. The molecule has 5 nitrogen and oxygen atoms in total. The van der Waals surface area contributed by atoms with Crippen LogP contribution in [0.1, 0.15) is 60.6 Å². The summed E-state index contributed by atoms with van der Waals surface area (Å²) in [4.78, 5) is 18.8. The maximum atomic E-state index is 11.8. The number of benzene rings is 1. The number of hydrogen-bond donors (Lipinski definition) is 0. The van der Waals surface area contributed by atoms with Gasteiger partial charge < -0.3 is 14.1 Å². The molecule has 0 unspecified atom stereocenters. The molecular weight excluding hydrogens is 388 g/mol. The van der Waals surface area contributed by atoms with Crippen molar-refractivity contribution in [1.29, 1.82) is 0 Å². The number of aromatic nitrogens is 1. The number of aldehydes is 1. The highest BCUT2D eigenvalue weighted by molar-refractivity contribution is 5.85. The average molecular weight is 421 g/mol. The molecule has 2 aromatic heterocycles. The molecule has 0 bridgehead atoms. The predicted molar refractivity (Wildman–Crippen MR) is 126 cm³/mol. The highest BCUT2D eigenvalue weighted by Crippen LogP contribution is 2.39. The fourth-order valence-electron chi connectivity index (χ4n) is 4.02. The maximum absolute atomic E-state index is 11.8. The second-order valence-corrected chi connectivity index (χ2v) is 8.22. The predicted octanol–water partition coefficient (Wildman–Crippen LogP) is 5.64. The average Bonchev–Trinajstić information content (AvgIpc) is 3.13. The molecule has 0 aliphatic heterocycles. The van der Waals surface area contributed by atoms with E-state index < -0.39 is 5.41 Å². The molecule has 3 rings (SSSR count). The lowest BCUT2D eigenvalue weighted by molar-refractivity contribution is 0.112. The minimum absolute atomic E-state index is 0.517. The maximum Gasteiger partial charge on any atom is 0.213 e. The van der Waals surface area contributed by atoms with Crippen LogP contribution in [0, 0.1) is 6.92 Å². The van der Waals surface area contributed by atoms with E-state index >= 15 is 0 Å². The highest BCUT2D eigenvalue weighted by atomic mass is 16.5. The number of pyridine rings is 1. The van der Waals surface area contributed by atoms with Gasteiger partial charge in [-0.3, -0.25) is 4.79 Å². The molecule has 0 aliphatic rings. The van der Waals surface area contributed by atoms with E-state index in [9.17, 15) is 4.79 Å². The van der Waals surface area contributed by atoms with Gasteiger partial charge in [0, 0.05) is 23.6 Å². The van der Waals surface area contributed by atoms with Crippen LogP contribution >= 0.6 is 0 Å². The lowest BCUT2D eigenvalue weighted by Crippen LogP contribution is -2.28. The number of ether oxygens (including phenoxy) is 1. The third-order valence-electron chi connectivity index (χ3n) is 5.94. The number of furan rings is 1. The molecule has 0 fully saturated rings. The zero-order valence-corrected chi connectivity index (χ0v) is 19.2. The van der Waals surface area contributed by atoms with Crippen LogP contribution in [0.4, 0.5) is 0 Å². The molecule has 164 valence electrons. The van der Waals surface area contributed by atoms with Crippen molar-refractivity contribution in [2.75, 3.05) is 26.2 Å². The van der Waals surface area contributed by atoms with Gasteiger partial charge in [0.25, 0.3) is 0 Å². The Labute approximate surface area is 184 Å². The lowest BCUT2D eigenvalue weighted by atomic mass is 9.82. The van der Waals surface area contributed by atoms with Crippen molar-refractivity contribution in [2.24, 2.45) is 0 Å². The molecule has 3 aromatic rings. The molecule has 0 saturated heterocycles. The van der Waals surface area contributed by atoms with E-state index in [0.717, 1.165) is 53.8 Å². The molecule has 31 heavy (non-hydrogen) atoms.